The van der Waals surface area contributed by atoms with Gasteiger partial charge in [-0.05, 0) is 43.3 Å². The molecule has 0 fully saturated rings. The molecule has 2 aromatic carbocycles. The predicted molar refractivity (Wildman–Crippen MR) is 87.0 cm³/mol. The van der Waals surface area contributed by atoms with Crippen molar-refractivity contribution in [3.05, 3.63) is 58.6 Å². The largest absolute Gasteiger partial charge is 0.284 e. The van der Waals surface area contributed by atoms with E-state index in [2.05, 4.69) is 4.99 Å². The van der Waals surface area contributed by atoms with Crippen molar-refractivity contribution in [3.8, 4) is 0 Å². The number of aryl methyl sites for hydroxylation is 1. The third-order valence-electron chi connectivity index (χ3n) is 3.44. The molecule has 0 N–H and O–H groups in total. The smallest absolute Gasteiger partial charge is 0.274 e. The Bertz CT molecular complexity index is 810. The second-order valence-electron chi connectivity index (χ2n) is 5.12. The second-order valence-corrected chi connectivity index (χ2v) is 5.55. The highest BCUT2D eigenvalue weighted by Crippen LogP contribution is 2.32. The number of benzene rings is 2. The zero-order chi connectivity index (χ0) is 15.9. The summed E-state index contributed by atoms with van der Waals surface area (Å²) in [5, 5.41) is 0.600. The summed E-state index contributed by atoms with van der Waals surface area (Å²) < 4.78 is 0. The number of imide groups is 1. The molecule has 5 heteroatoms. The minimum absolute atomic E-state index is 0.274. The van der Waals surface area contributed by atoms with Gasteiger partial charge in [-0.15, -0.1) is 0 Å². The van der Waals surface area contributed by atoms with Crippen LogP contribution in [0, 0.1) is 6.92 Å². The molecule has 0 spiro atoms. The number of hydrogen-bond acceptors (Lipinski definition) is 3. The van der Waals surface area contributed by atoms with E-state index in [0.717, 1.165) is 10.5 Å². The molecule has 110 valence electrons. The van der Waals surface area contributed by atoms with Gasteiger partial charge in [-0.3, -0.25) is 9.59 Å². The molecule has 3 rings (SSSR count). The van der Waals surface area contributed by atoms with Crippen molar-refractivity contribution in [2.75, 3.05) is 4.90 Å². The first-order valence-electron chi connectivity index (χ1n) is 6.77. The van der Waals surface area contributed by atoms with Crippen molar-refractivity contribution in [1.29, 1.82) is 0 Å². The quantitative estimate of drug-likeness (QED) is 0.807. The van der Waals surface area contributed by atoms with Crippen molar-refractivity contribution in [2.45, 2.75) is 13.8 Å². The third kappa shape index (κ3) is 2.42. The first kappa shape index (κ1) is 14.5. The number of aliphatic imine (C=N–C) groups is 1. The number of rotatable bonds is 1. The van der Waals surface area contributed by atoms with Gasteiger partial charge in [0.05, 0.1) is 11.4 Å². The fraction of sp³-hybridized carbons (Fsp3) is 0.118. The van der Waals surface area contributed by atoms with Gasteiger partial charge in [-0.1, -0.05) is 23.2 Å². The maximum atomic E-state index is 12.5. The van der Waals surface area contributed by atoms with E-state index in [0.29, 0.717) is 22.0 Å². The van der Waals surface area contributed by atoms with Gasteiger partial charge in [0, 0.05) is 17.5 Å². The molecule has 1 heterocycles. The first-order chi connectivity index (χ1) is 10.5. The molecule has 1 aliphatic rings. The predicted octanol–water partition coefficient (Wildman–Crippen LogP) is 3.66. The van der Waals surface area contributed by atoms with Gasteiger partial charge in [0.25, 0.3) is 5.91 Å². The van der Waals surface area contributed by atoms with E-state index in [4.69, 9.17) is 11.6 Å². The number of carbonyl (C=O) groups is 2. The molecule has 0 bridgehead atoms. The van der Waals surface area contributed by atoms with Crippen LogP contribution in [0.5, 0.6) is 0 Å². The van der Waals surface area contributed by atoms with Crippen molar-refractivity contribution >= 4 is 40.5 Å². The second kappa shape index (κ2) is 5.39. The van der Waals surface area contributed by atoms with Gasteiger partial charge in [-0.2, -0.15) is 0 Å². The van der Waals surface area contributed by atoms with E-state index in [-0.39, 0.29) is 11.6 Å². The van der Waals surface area contributed by atoms with Crippen molar-refractivity contribution in [1.82, 2.24) is 0 Å². The van der Waals surface area contributed by atoms with E-state index < -0.39 is 5.91 Å². The number of amides is 2. The van der Waals surface area contributed by atoms with Crippen LogP contribution in [0.4, 0.5) is 11.4 Å². The average Bonchev–Trinajstić information content (AvgIpc) is 2.74. The molecule has 0 atom stereocenters. The Morgan fingerprint density at radius 2 is 1.82 bits per heavy atom. The van der Waals surface area contributed by atoms with Crippen molar-refractivity contribution in [3.63, 3.8) is 0 Å². The monoisotopic (exact) mass is 312 g/mol. The Morgan fingerprint density at radius 1 is 1.14 bits per heavy atom. The van der Waals surface area contributed by atoms with E-state index in [1.54, 1.807) is 30.3 Å². The lowest BCUT2D eigenvalue weighted by atomic mass is 10.1. The molecule has 1 aliphatic heterocycles. The van der Waals surface area contributed by atoms with Gasteiger partial charge in [-0.25, -0.2) is 9.89 Å². The third-order valence-corrected chi connectivity index (χ3v) is 3.69. The highest BCUT2D eigenvalue weighted by atomic mass is 35.5. The molecule has 22 heavy (non-hydrogen) atoms. The van der Waals surface area contributed by atoms with E-state index in [1.807, 2.05) is 19.1 Å². The summed E-state index contributed by atoms with van der Waals surface area (Å²) in [7, 11) is 0. The Balaban J connectivity index is 2.16. The zero-order valence-electron chi connectivity index (χ0n) is 12.1. The lowest BCUT2D eigenvalue weighted by Crippen LogP contribution is -2.34. The summed E-state index contributed by atoms with van der Waals surface area (Å²) in [5.74, 6) is -0.723. The molecule has 4 nitrogen and oxygen atoms in total. The van der Waals surface area contributed by atoms with Crippen LogP contribution in [0.15, 0.2) is 47.5 Å². The van der Waals surface area contributed by atoms with Gasteiger partial charge in [0.15, 0.2) is 0 Å². The highest BCUT2D eigenvalue weighted by molar-refractivity contribution is 6.58. The Kier molecular flexibility index (Phi) is 3.54. The van der Waals surface area contributed by atoms with Crippen LogP contribution in [0.1, 0.15) is 18.1 Å². The molecule has 2 amide bonds. The van der Waals surface area contributed by atoms with Crippen LogP contribution < -0.4 is 4.90 Å². The Morgan fingerprint density at radius 3 is 2.45 bits per heavy atom. The standard InChI is InChI=1S/C17H13ClN2O2/c1-10-3-8-15-14(9-10)16(17(22)20(15)11(2)21)19-13-6-4-12(18)5-7-13/h3-9H,1-2H3. The molecule has 0 radical (unpaired) electrons. The summed E-state index contributed by atoms with van der Waals surface area (Å²) in [6, 6.07) is 12.4. The molecular weight excluding hydrogens is 300 g/mol. The SMILES string of the molecule is CC(=O)N1C(=O)C(=Nc2ccc(Cl)cc2)c2cc(C)ccc21. The molecular formula is C17H13ClN2O2. The number of nitrogens with zero attached hydrogens (tertiary/aromatic N) is 2. The molecule has 0 aliphatic carbocycles. The summed E-state index contributed by atoms with van der Waals surface area (Å²) in [5.41, 5.74) is 3.15. The van der Waals surface area contributed by atoms with E-state index in [9.17, 15) is 9.59 Å². The van der Waals surface area contributed by atoms with Crippen LogP contribution >= 0.6 is 11.6 Å². The average molecular weight is 313 g/mol. The normalized spacial score (nSPS) is 15.3. The molecule has 0 unspecified atom stereocenters. The van der Waals surface area contributed by atoms with Crippen molar-refractivity contribution in [2.24, 2.45) is 4.99 Å². The first-order valence-corrected chi connectivity index (χ1v) is 7.15. The fourth-order valence-electron chi connectivity index (χ4n) is 2.43. The number of carbonyl (C=O) groups excluding carboxylic acids is 2. The summed E-state index contributed by atoms with van der Waals surface area (Å²) in [6.45, 7) is 3.30. The van der Waals surface area contributed by atoms with Crippen LogP contribution in [-0.4, -0.2) is 17.5 Å². The van der Waals surface area contributed by atoms with Gasteiger partial charge in [0.1, 0.15) is 5.71 Å². The highest BCUT2D eigenvalue weighted by Gasteiger charge is 2.36. The van der Waals surface area contributed by atoms with Crippen LogP contribution in [0.25, 0.3) is 0 Å². The summed E-state index contributed by atoms with van der Waals surface area (Å²) in [4.78, 5) is 29.9. The minimum atomic E-state index is -0.400. The maximum Gasteiger partial charge on any atom is 0.284 e. The number of fused-ring (bicyclic) bond motifs is 1. The lowest BCUT2D eigenvalue weighted by molar-refractivity contribution is -0.121. The van der Waals surface area contributed by atoms with E-state index in [1.165, 1.54) is 6.92 Å². The molecule has 0 saturated carbocycles. The van der Waals surface area contributed by atoms with Gasteiger partial charge >= 0.3 is 0 Å². The Hall–Kier alpha value is -2.46. The molecule has 2 aromatic rings. The van der Waals surface area contributed by atoms with Gasteiger partial charge in [0.2, 0.25) is 5.91 Å². The number of hydrogen-bond donors (Lipinski definition) is 0. The number of anilines is 1. The topological polar surface area (TPSA) is 49.7 Å². The van der Waals surface area contributed by atoms with Crippen LogP contribution in [0.3, 0.4) is 0 Å². The van der Waals surface area contributed by atoms with E-state index >= 15 is 0 Å². The summed E-state index contributed by atoms with van der Waals surface area (Å²) in [6.07, 6.45) is 0. The van der Waals surface area contributed by atoms with Crippen LogP contribution in [-0.2, 0) is 9.59 Å². The zero-order valence-corrected chi connectivity index (χ0v) is 12.9. The summed E-state index contributed by atoms with van der Waals surface area (Å²) >= 11 is 5.86. The Labute approximate surface area is 133 Å². The number of halogens is 1. The lowest BCUT2D eigenvalue weighted by Gasteiger charge is -2.11. The maximum absolute atomic E-state index is 12.5. The van der Waals surface area contributed by atoms with Crippen LogP contribution in [0.2, 0.25) is 5.02 Å². The fourth-order valence-corrected chi connectivity index (χ4v) is 2.56. The van der Waals surface area contributed by atoms with Crippen molar-refractivity contribution < 1.29 is 9.59 Å². The molecule has 0 saturated heterocycles. The minimum Gasteiger partial charge on any atom is -0.274 e. The van der Waals surface area contributed by atoms with Gasteiger partial charge < -0.3 is 0 Å². The molecule has 0 aromatic heterocycles.